The number of anilines is 1. The number of benzene rings is 2. The van der Waals surface area contributed by atoms with Crippen LogP contribution >= 0.6 is 0 Å². The summed E-state index contributed by atoms with van der Waals surface area (Å²) in [5, 5.41) is 20.0. The highest BCUT2D eigenvalue weighted by Gasteiger charge is 2.40. The second-order valence-electron chi connectivity index (χ2n) is 24.3. The Kier molecular flexibility index (Phi) is 29.4. The van der Waals surface area contributed by atoms with Crippen LogP contribution in [0.1, 0.15) is 169 Å². The minimum Gasteiger partial charge on any atom is -0.353 e. The monoisotopic (exact) mass is 1170 g/mol. The van der Waals surface area contributed by atoms with E-state index in [1.807, 2.05) is 90.9 Å². The van der Waals surface area contributed by atoms with Crippen molar-refractivity contribution >= 4 is 59.0 Å². The first-order valence-corrected chi connectivity index (χ1v) is 30.4. The fraction of sp³-hybridized carbons (Fsp3) is 0.635. The van der Waals surface area contributed by atoms with Crippen LogP contribution in [0.15, 0.2) is 66.2 Å². The van der Waals surface area contributed by atoms with Crippen molar-refractivity contribution in [2.75, 3.05) is 39.0 Å². The molecule has 21 nitrogen and oxygen atoms in total. The molecular weight excluding hydrogens is 1070 g/mol. The molecule has 466 valence electrons. The Morgan fingerprint density at radius 1 is 0.714 bits per heavy atom. The number of hydrogen-bond acceptors (Lipinski definition) is 11. The van der Waals surface area contributed by atoms with Gasteiger partial charge >= 0.3 is 6.03 Å². The summed E-state index contributed by atoms with van der Waals surface area (Å²) in [6, 6.07) is 11.7. The molecule has 2 aromatic rings. The number of piperidine rings is 1. The molecule has 2 aromatic carbocycles. The smallest absolute Gasteiger partial charge is 0.312 e. The zero-order chi connectivity index (χ0) is 61.9. The van der Waals surface area contributed by atoms with Crippen molar-refractivity contribution in [3.63, 3.8) is 0 Å². The fourth-order valence-corrected chi connectivity index (χ4v) is 10.9. The molecule has 1 saturated carbocycles. The minimum atomic E-state index is -1.08. The number of carbonyl (C=O) groups is 9. The van der Waals surface area contributed by atoms with Gasteiger partial charge in [0.15, 0.2) is 0 Å². The summed E-state index contributed by atoms with van der Waals surface area (Å²) in [4.78, 5) is 128. The average Bonchev–Trinajstić information content (AvgIpc) is 3.51. The van der Waals surface area contributed by atoms with Gasteiger partial charge in [0.2, 0.25) is 41.4 Å². The maximum atomic E-state index is 14.0. The number of hydroxylamine groups is 1. The maximum absolute atomic E-state index is 14.0. The quantitative estimate of drug-likeness (QED) is 0.0264. The van der Waals surface area contributed by atoms with Gasteiger partial charge in [-0.05, 0) is 102 Å². The molecule has 2 fully saturated rings. The Hall–Kier alpha value is -6.87. The van der Waals surface area contributed by atoms with E-state index in [0.29, 0.717) is 37.2 Å². The van der Waals surface area contributed by atoms with Crippen LogP contribution < -0.4 is 48.4 Å². The van der Waals surface area contributed by atoms with Crippen molar-refractivity contribution in [1.29, 1.82) is 0 Å². The number of likely N-dealkylation sites (tertiary alicyclic amines) is 1. The van der Waals surface area contributed by atoms with Gasteiger partial charge in [0.25, 0.3) is 5.91 Å². The van der Waals surface area contributed by atoms with Crippen LogP contribution in [0.2, 0.25) is 0 Å². The van der Waals surface area contributed by atoms with Crippen molar-refractivity contribution in [1.82, 2.24) is 47.2 Å². The SMILES string of the molecule is C/C(=C\[C@@H](NC(=O)[C@@H](NC(=O)[C@@H](N(C)C)C(C)(C)c1ccccc1)C(C)C)C(C)C)C(=O)NOCc1ccc(NC(=O)[C@H](CCCNC(N)=O)NC(=O)[C@H](C)NC(=O)CCC(=O)N2CCC(C(=O)NC3CCCCCCCCCC3)CC2)cc1. The summed E-state index contributed by atoms with van der Waals surface area (Å²) in [5.41, 5.74) is 9.39. The van der Waals surface area contributed by atoms with Gasteiger partial charge in [0.1, 0.15) is 18.1 Å². The van der Waals surface area contributed by atoms with Gasteiger partial charge in [0, 0.05) is 61.1 Å². The zero-order valence-electron chi connectivity index (χ0n) is 51.7. The van der Waals surface area contributed by atoms with E-state index in [4.69, 9.17) is 10.6 Å². The zero-order valence-corrected chi connectivity index (χ0v) is 51.7. The van der Waals surface area contributed by atoms with Crippen molar-refractivity contribution in [2.45, 2.75) is 206 Å². The molecule has 1 saturated heterocycles. The van der Waals surface area contributed by atoms with Crippen LogP contribution in [0.5, 0.6) is 0 Å². The van der Waals surface area contributed by atoms with E-state index < -0.39 is 65.3 Å². The second kappa shape index (κ2) is 35.4. The van der Waals surface area contributed by atoms with Crippen LogP contribution in [-0.2, 0) is 55.2 Å². The van der Waals surface area contributed by atoms with Crippen molar-refractivity contribution in [2.24, 2.45) is 23.5 Å². The van der Waals surface area contributed by atoms with Gasteiger partial charge in [-0.15, -0.1) is 0 Å². The predicted octanol–water partition coefficient (Wildman–Crippen LogP) is 6.17. The first-order chi connectivity index (χ1) is 39.9. The molecule has 1 aliphatic carbocycles. The Morgan fingerprint density at radius 2 is 1.32 bits per heavy atom. The van der Waals surface area contributed by atoms with E-state index in [1.54, 1.807) is 42.2 Å². The summed E-state index contributed by atoms with van der Waals surface area (Å²) in [5.74, 6) is -3.55. The first kappa shape index (κ1) is 69.6. The van der Waals surface area contributed by atoms with Gasteiger partial charge in [-0.25, -0.2) is 10.3 Å². The number of carbonyl (C=O) groups excluding carboxylic acids is 9. The number of primary amides is 1. The number of hydrogen-bond donors (Lipinski definition) is 9. The molecule has 5 atom stereocenters. The summed E-state index contributed by atoms with van der Waals surface area (Å²) >= 11 is 0. The first-order valence-electron chi connectivity index (χ1n) is 30.4. The second-order valence-corrected chi connectivity index (χ2v) is 24.3. The molecule has 0 spiro atoms. The molecule has 2 aliphatic rings. The summed E-state index contributed by atoms with van der Waals surface area (Å²) in [6.45, 7) is 15.6. The fourth-order valence-electron chi connectivity index (χ4n) is 10.9. The van der Waals surface area contributed by atoms with Crippen LogP contribution in [0.4, 0.5) is 10.5 Å². The highest BCUT2D eigenvalue weighted by atomic mass is 16.6. The lowest BCUT2D eigenvalue weighted by Gasteiger charge is -2.39. The molecule has 10 N–H and O–H groups in total. The molecule has 84 heavy (non-hydrogen) atoms. The third kappa shape index (κ3) is 23.6. The lowest BCUT2D eigenvalue weighted by molar-refractivity contribution is -0.137. The molecule has 10 amide bonds. The van der Waals surface area contributed by atoms with Crippen LogP contribution in [0.25, 0.3) is 0 Å². The van der Waals surface area contributed by atoms with Crippen LogP contribution in [0.3, 0.4) is 0 Å². The largest absolute Gasteiger partial charge is 0.353 e. The van der Waals surface area contributed by atoms with E-state index in [9.17, 15) is 43.2 Å². The topological polar surface area (TPSA) is 292 Å². The number of urea groups is 1. The van der Waals surface area contributed by atoms with Gasteiger partial charge in [-0.2, -0.15) is 0 Å². The molecule has 0 radical (unpaired) electrons. The Balaban J connectivity index is 1.24. The van der Waals surface area contributed by atoms with Crippen LogP contribution in [-0.4, -0.2) is 133 Å². The third-order valence-electron chi connectivity index (χ3n) is 16.0. The molecule has 1 aliphatic heterocycles. The van der Waals surface area contributed by atoms with Gasteiger partial charge in [-0.3, -0.25) is 48.1 Å². The molecule has 21 heteroatoms. The Bertz CT molecular complexity index is 2480. The van der Waals surface area contributed by atoms with Gasteiger partial charge < -0.3 is 47.9 Å². The van der Waals surface area contributed by atoms with E-state index in [0.717, 1.165) is 31.2 Å². The number of amides is 10. The Labute approximate surface area is 498 Å². The third-order valence-corrected chi connectivity index (χ3v) is 16.0. The van der Waals surface area contributed by atoms with E-state index in [1.165, 1.54) is 45.4 Å². The standard InChI is InChI=1S/C63H99N11O10/c1-41(2)51(70-60(81)54(42(3)4)71-61(82)55(73(9)10)63(7,8)47-23-18-17-19-24-47)39-43(5)56(77)72-84-40-45-28-30-49(31-29-45)68-59(80)50(27-22-36-65-62(64)83)69-57(78)44(6)66-52(75)32-33-53(76)74-37-34-46(35-38-74)58(79)67-48-25-20-15-13-11-12-14-16-21-26-48/h17-19,23-24,28-31,39,41-42,44,46,48,50-51,54-55H,11-16,20-22,25-27,32-38,40H2,1-10H3,(H,66,75)(H,67,79)(H,68,80)(H,69,78)(H,70,81)(H,71,82)(H,72,77)(H3,64,65,83)/b43-39+/t44-,50-,51+,54-,55+/m0/s1. The number of nitrogens with zero attached hydrogens (tertiary/aromatic N) is 2. The number of rotatable bonds is 28. The summed E-state index contributed by atoms with van der Waals surface area (Å²) < 4.78 is 0. The minimum absolute atomic E-state index is 0.0369. The number of nitrogens with two attached hydrogens (primary N) is 1. The molecule has 4 rings (SSSR count). The highest BCUT2D eigenvalue weighted by molar-refractivity contribution is 5.98. The van der Waals surface area contributed by atoms with Gasteiger partial charge in [-0.1, -0.05) is 141 Å². The van der Waals surface area contributed by atoms with Crippen molar-refractivity contribution in [3.05, 3.63) is 77.4 Å². The van der Waals surface area contributed by atoms with E-state index in [2.05, 4.69) is 42.7 Å². The van der Waals surface area contributed by atoms with Gasteiger partial charge in [0.05, 0.1) is 18.7 Å². The highest BCUT2D eigenvalue weighted by Crippen LogP contribution is 2.30. The predicted molar refractivity (Wildman–Crippen MR) is 325 cm³/mol. The summed E-state index contributed by atoms with van der Waals surface area (Å²) in [6.07, 6.45) is 14.7. The number of likely N-dealkylation sites (N-methyl/N-ethyl adjacent to an activating group) is 1. The van der Waals surface area contributed by atoms with Crippen LogP contribution in [0, 0.1) is 17.8 Å². The van der Waals surface area contributed by atoms with E-state index in [-0.39, 0.29) is 91.8 Å². The lowest BCUT2D eigenvalue weighted by atomic mass is 9.76. The van der Waals surface area contributed by atoms with E-state index >= 15 is 0 Å². The lowest BCUT2D eigenvalue weighted by Crippen LogP contribution is -2.60. The van der Waals surface area contributed by atoms with Crippen molar-refractivity contribution < 1.29 is 48.0 Å². The molecule has 0 unspecified atom stereocenters. The van der Waals surface area contributed by atoms with Crippen molar-refractivity contribution in [3.8, 4) is 0 Å². The molecule has 0 bridgehead atoms. The normalized spacial score (nSPS) is 16.9. The molecular formula is C63H99N11O10. The average molecular weight is 1170 g/mol. The Morgan fingerprint density at radius 3 is 1.89 bits per heavy atom. The maximum Gasteiger partial charge on any atom is 0.312 e. The molecule has 1 heterocycles. The summed E-state index contributed by atoms with van der Waals surface area (Å²) in [7, 11) is 3.68. The number of nitrogens with one attached hydrogen (secondary N) is 8. The molecule has 0 aromatic heterocycles.